The van der Waals surface area contributed by atoms with Crippen LogP contribution in [0.3, 0.4) is 0 Å². The summed E-state index contributed by atoms with van der Waals surface area (Å²) < 4.78 is 14.2. The third kappa shape index (κ3) is 4.81. The van der Waals surface area contributed by atoms with Gasteiger partial charge in [-0.05, 0) is 31.5 Å². The SMILES string of the molecule is CC(C)NCc1ccc(N(CC(N)=O)C(C)C)c(F)c1. The average Bonchev–Trinajstić information content (AvgIpc) is 2.33. The van der Waals surface area contributed by atoms with E-state index in [4.69, 9.17) is 5.73 Å². The van der Waals surface area contributed by atoms with Gasteiger partial charge in [0.25, 0.3) is 0 Å². The molecule has 1 aromatic carbocycles. The fraction of sp³-hybridized carbons (Fsp3) is 0.533. The first-order chi connectivity index (χ1) is 9.31. The van der Waals surface area contributed by atoms with Crippen LogP contribution < -0.4 is 16.0 Å². The summed E-state index contributed by atoms with van der Waals surface area (Å²) in [5, 5.41) is 3.24. The van der Waals surface area contributed by atoms with Crippen molar-refractivity contribution in [2.45, 2.75) is 46.3 Å². The summed E-state index contributed by atoms with van der Waals surface area (Å²) in [6.45, 7) is 8.51. The van der Waals surface area contributed by atoms with Gasteiger partial charge in [0, 0.05) is 18.6 Å². The molecule has 0 aliphatic rings. The van der Waals surface area contributed by atoms with E-state index >= 15 is 0 Å². The van der Waals surface area contributed by atoms with Crippen molar-refractivity contribution in [1.29, 1.82) is 0 Å². The van der Waals surface area contributed by atoms with E-state index in [1.54, 1.807) is 11.0 Å². The number of nitrogens with two attached hydrogens (primary N) is 1. The number of carbonyl (C=O) groups excluding carboxylic acids is 1. The third-order valence-corrected chi connectivity index (χ3v) is 2.99. The Morgan fingerprint density at radius 2 is 2.00 bits per heavy atom. The predicted molar refractivity (Wildman–Crippen MR) is 80.1 cm³/mol. The molecule has 0 heterocycles. The highest BCUT2D eigenvalue weighted by Gasteiger charge is 2.17. The Kier molecular flexibility index (Phi) is 5.95. The molecule has 0 aromatic heterocycles. The van der Waals surface area contributed by atoms with Gasteiger partial charge in [-0.1, -0.05) is 19.9 Å². The fourth-order valence-corrected chi connectivity index (χ4v) is 1.93. The van der Waals surface area contributed by atoms with Crippen LogP contribution in [0.15, 0.2) is 18.2 Å². The maximum Gasteiger partial charge on any atom is 0.236 e. The molecule has 112 valence electrons. The van der Waals surface area contributed by atoms with E-state index in [2.05, 4.69) is 5.32 Å². The highest BCUT2D eigenvalue weighted by molar-refractivity contribution is 5.79. The molecule has 0 radical (unpaired) electrons. The van der Waals surface area contributed by atoms with Crippen molar-refractivity contribution in [2.24, 2.45) is 5.73 Å². The molecular weight excluding hydrogens is 257 g/mol. The molecule has 0 fully saturated rings. The molecule has 0 saturated carbocycles. The summed E-state index contributed by atoms with van der Waals surface area (Å²) in [5.74, 6) is -0.799. The number of benzene rings is 1. The maximum atomic E-state index is 14.2. The molecule has 0 atom stereocenters. The number of carbonyl (C=O) groups is 1. The number of rotatable bonds is 7. The zero-order valence-corrected chi connectivity index (χ0v) is 12.6. The molecule has 1 aromatic rings. The number of halogens is 1. The highest BCUT2D eigenvalue weighted by atomic mass is 19.1. The number of amides is 1. The summed E-state index contributed by atoms with van der Waals surface area (Å²) in [6, 6.07) is 5.41. The molecule has 0 saturated heterocycles. The van der Waals surface area contributed by atoms with Crippen LogP contribution in [-0.4, -0.2) is 24.5 Å². The number of nitrogens with zero attached hydrogens (tertiary/aromatic N) is 1. The lowest BCUT2D eigenvalue weighted by Crippen LogP contribution is -2.39. The molecule has 0 aliphatic heterocycles. The van der Waals surface area contributed by atoms with Crippen LogP contribution in [0.25, 0.3) is 0 Å². The Morgan fingerprint density at radius 3 is 2.45 bits per heavy atom. The monoisotopic (exact) mass is 281 g/mol. The van der Waals surface area contributed by atoms with Crippen molar-refractivity contribution in [3.05, 3.63) is 29.6 Å². The largest absolute Gasteiger partial charge is 0.368 e. The molecule has 3 N–H and O–H groups in total. The number of primary amides is 1. The number of anilines is 1. The van der Waals surface area contributed by atoms with Gasteiger partial charge >= 0.3 is 0 Å². The van der Waals surface area contributed by atoms with E-state index in [1.807, 2.05) is 33.8 Å². The molecule has 20 heavy (non-hydrogen) atoms. The van der Waals surface area contributed by atoms with Gasteiger partial charge in [-0.3, -0.25) is 4.79 Å². The van der Waals surface area contributed by atoms with Gasteiger partial charge in [-0.15, -0.1) is 0 Å². The van der Waals surface area contributed by atoms with Crippen LogP contribution in [0.1, 0.15) is 33.3 Å². The van der Waals surface area contributed by atoms with Gasteiger partial charge < -0.3 is 16.0 Å². The molecule has 4 nitrogen and oxygen atoms in total. The molecule has 0 spiro atoms. The standard InChI is InChI=1S/C15H24FN3O/c1-10(2)18-8-12-5-6-14(13(16)7-12)19(11(3)4)9-15(17)20/h5-7,10-11,18H,8-9H2,1-4H3,(H2,17,20). The number of hydrogen-bond donors (Lipinski definition) is 2. The second-order valence-electron chi connectivity index (χ2n) is 5.51. The van der Waals surface area contributed by atoms with Crippen molar-refractivity contribution >= 4 is 11.6 Å². The van der Waals surface area contributed by atoms with Gasteiger partial charge in [-0.2, -0.15) is 0 Å². The van der Waals surface area contributed by atoms with Crippen molar-refractivity contribution in [3.63, 3.8) is 0 Å². The van der Waals surface area contributed by atoms with E-state index in [1.165, 1.54) is 6.07 Å². The first kappa shape index (κ1) is 16.4. The van der Waals surface area contributed by atoms with E-state index in [-0.39, 0.29) is 18.4 Å². The second kappa shape index (κ2) is 7.24. The Balaban J connectivity index is 2.92. The number of nitrogens with one attached hydrogen (secondary N) is 1. The molecule has 1 rings (SSSR count). The average molecular weight is 281 g/mol. The van der Waals surface area contributed by atoms with Gasteiger partial charge in [-0.25, -0.2) is 4.39 Å². The Bertz CT molecular complexity index is 460. The Morgan fingerprint density at radius 1 is 1.35 bits per heavy atom. The zero-order chi connectivity index (χ0) is 15.3. The third-order valence-electron chi connectivity index (χ3n) is 2.99. The van der Waals surface area contributed by atoms with E-state index in [0.29, 0.717) is 18.3 Å². The molecule has 0 aliphatic carbocycles. The van der Waals surface area contributed by atoms with Crippen LogP contribution >= 0.6 is 0 Å². The summed E-state index contributed by atoms with van der Waals surface area (Å²) >= 11 is 0. The first-order valence-electron chi connectivity index (χ1n) is 6.88. The van der Waals surface area contributed by atoms with Gasteiger partial charge in [0.2, 0.25) is 5.91 Å². The quantitative estimate of drug-likeness (QED) is 0.804. The molecule has 1 amide bonds. The molecule has 5 heteroatoms. The minimum Gasteiger partial charge on any atom is -0.368 e. The summed E-state index contributed by atoms with van der Waals surface area (Å²) in [7, 11) is 0. The van der Waals surface area contributed by atoms with Crippen molar-refractivity contribution in [1.82, 2.24) is 5.32 Å². The van der Waals surface area contributed by atoms with E-state index < -0.39 is 5.91 Å². The van der Waals surface area contributed by atoms with Gasteiger partial charge in [0.1, 0.15) is 5.82 Å². The van der Waals surface area contributed by atoms with Crippen molar-refractivity contribution < 1.29 is 9.18 Å². The fourth-order valence-electron chi connectivity index (χ4n) is 1.93. The first-order valence-corrected chi connectivity index (χ1v) is 6.88. The second-order valence-corrected chi connectivity index (χ2v) is 5.51. The molecule has 0 bridgehead atoms. The van der Waals surface area contributed by atoms with Crippen LogP contribution in [0.4, 0.5) is 10.1 Å². The lowest BCUT2D eigenvalue weighted by molar-refractivity contribution is -0.116. The predicted octanol–water partition coefficient (Wildman–Crippen LogP) is 2.02. The van der Waals surface area contributed by atoms with Crippen LogP contribution in [0.5, 0.6) is 0 Å². The van der Waals surface area contributed by atoms with Crippen molar-refractivity contribution in [3.8, 4) is 0 Å². The van der Waals surface area contributed by atoms with Crippen molar-refractivity contribution in [2.75, 3.05) is 11.4 Å². The highest BCUT2D eigenvalue weighted by Crippen LogP contribution is 2.22. The summed E-state index contributed by atoms with van der Waals surface area (Å²) in [6.07, 6.45) is 0. The van der Waals surface area contributed by atoms with Gasteiger partial charge in [0.05, 0.1) is 12.2 Å². The van der Waals surface area contributed by atoms with Crippen LogP contribution in [-0.2, 0) is 11.3 Å². The minimum absolute atomic E-state index is 0.00311. The smallest absolute Gasteiger partial charge is 0.236 e. The Labute approximate surface area is 120 Å². The zero-order valence-electron chi connectivity index (χ0n) is 12.6. The summed E-state index contributed by atoms with van der Waals surface area (Å²) in [4.78, 5) is 12.8. The molecule has 0 unspecified atom stereocenters. The molecular formula is C15H24FN3O. The maximum absolute atomic E-state index is 14.2. The topological polar surface area (TPSA) is 58.4 Å². The van der Waals surface area contributed by atoms with E-state index in [0.717, 1.165) is 5.56 Å². The minimum atomic E-state index is -0.469. The van der Waals surface area contributed by atoms with Gasteiger partial charge in [0.15, 0.2) is 0 Å². The summed E-state index contributed by atoms with van der Waals surface area (Å²) in [5.41, 5.74) is 6.50. The number of hydrogen-bond acceptors (Lipinski definition) is 3. The normalized spacial score (nSPS) is 11.2. The lowest BCUT2D eigenvalue weighted by Gasteiger charge is -2.28. The van der Waals surface area contributed by atoms with E-state index in [9.17, 15) is 9.18 Å². The lowest BCUT2D eigenvalue weighted by atomic mass is 10.1. The Hall–Kier alpha value is -1.62. The van der Waals surface area contributed by atoms with Crippen LogP contribution in [0.2, 0.25) is 0 Å². The van der Waals surface area contributed by atoms with Crippen LogP contribution in [0, 0.1) is 5.82 Å².